The first kappa shape index (κ1) is 26.3. The minimum absolute atomic E-state index is 0.182. The number of ether oxygens (including phenoxy) is 3. The van der Waals surface area contributed by atoms with Gasteiger partial charge in [-0.25, -0.2) is 10.0 Å². The van der Waals surface area contributed by atoms with Gasteiger partial charge in [0.05, 0.1) is 5.57 Å². The van der Waals surface area contributed by atoms with Crippen LogP contribution in [0.3, 0.4) is 0 Å². The first-order valence-electron chi connectivity index (χ1n) is 8.69. The number of carbonyl (C=O) groups excluding carboxylic acids is 1. The molecule has 0 spiro atoms. The monoisotopic (exact) mass is 507 g/mol. The van der Waals surface area contributed by atoms with Gasteiger partial charge in [0.2, 0.25) is 12.7 Å². The van der Waals surface area contributed by atoms with Crippen LogP contribution >= 0.6 is 0 Å². The summed E-state index contributed by atoms with van der Waals surface area (Å²) in [5.41, 5.74) is -1.83. The van der Waals surface area contributed by atoms with Gasteiger partial charge in [0.15, 0.2) is 6.10 Å². The Balaban J connectivity index is 2.42. The zero-order valence-electron chi connectivity index (χ0n) is 16.6. The van der Waals surface area contributed by atoms with E-state index in [0.717, 1.165) is 13.0 Å². The molecule has 0 fully saturated rings. The molecule has 0 bridgehead atoms. The van der Waals surface area contributed by atoms with E-state index in [-0.39, 0.29) is 5.56 Å². The summed E-state index contributed by atoms with van der Waals surface area (Å²) in [6.07, 6.45) is -14.6. The van der Waals surface area contributed by atoms with Crippen molar-refractivity contribution >= 4 is 12.0 Å². The quantitative estimate of drug-likeness (QED) is 0.229. The van der Waals surface area contributed by atoms with E-state index in [9.17, 15) is 46.2 Å². The number of halogens is 6. The fourth-order valence-corrected chi connectivity index (χ4v) is 2.69. The molecule has 18 heteroatoms. The van der Waals surface area contributed by atoms with E-state index in [1.54, 1.807) is 0 Å². The summed E-state index contributed by atoms with van der Waals surface area (Å²) >= 11 is 0. The van der Waals surface area contributed by atoms with Gasteiger partial charge in [-0.2, -0.15) is 18.0 Å². The maximum atomic E-state index is 13.6. The molecule has 188 valence electrons. The molecule has 12 nitrogen and oxygen atoms in total. The summed E-state index contributed by atoms with van der Waals surface area (Å²) in [5.74, 6) is -3.10. The Morgan fingerprint density at radius 1 is 1.18 bits per heavy atom. The molecule has 2 atom stereocenters. The summed E-state index contributed by atoms with van der Waals surface area (Å²) in [7, 11) is 0. The zero-order valence-corrected chi connectivity index (χ0v) is 16.6. The first-order chi connectivity index (χ1) is 15.6. The number of hydrogen-bond acceptors (Lipinski definition) is 9. The maximum absolute atomic E-state index is 13.6. The molecule has 0 radical (unpaired) electrons. The van der Waals surface area contributed by atoms with Crippen LogP contribution in [0.25, 0.3) is 6.08 Å². The van der Waals surface area contributed by atoms with E-state index in [1.807, 2.05) is 0 Å². The summed E-state index contributed by atoms with van der Waals surface area (Å²) in [4.78, 5) is 41.1. The summed E-state index contributed by atoms with van der Waals surface area (Å²) < 4.78 is 91.4. The Labute approximate surface area is 183 Å². The normalized spacial score (nSPS) is 16.3. The van der Waals surface area contributed by atoms with Crippen molar-refractivity contribution in [3.63, 3.8) is 0 Å². The van der Waals surface area contributed by atoms with E-state index in [1.165, 1.54) is 0 Å². The van der Waals surface area contributed by atoms with Crippen LogP contribution in [0.5, 0.6) is 11.5 Å². The lowest BCUT2D eigenvalue weighted by atomic mass is 9.98. The van der Waals surface area contributed by atoms with Crippen LogP contribution in [-0.2, 0) is 19.2 Å². The average molecular weight is 507 g/mol. The first-order valence-corrected chi connectivity index (χ1v) is 8.69. The number of alkyl halides is 6. The van der Waals surface area contributed by atoms with Gasteiger partial charge < -0.3 is 19.0 Å². The van der Waals surface area contributed by atoms with E-state index >= 15 is 0 Å². The van der Waals surface area contributed by atoms with Crippen LogP contribution in [0.15, 0.2) is 17.7 Å². The van der Waals surface area contributed by atoms with Gasteiger partial charge in [0, 0.05) is 5.56 Å². The molecule has 0 amide bonds. The highest BCUT2D eigenvalue weighted by Crippen LogP contribution is 2.41. The van der Waals surface area contributed by atoms with Crippen molar-refractivity contribution < 1.29 is 70.4 Å². The van der Waals surface area contributed by atoms with Crippen molar-refractivity contribution in [3.8, 4) is 11.5 Å². The van der Waals surface area contributed by atoms with Crippen molar-refractivity contribution in [1.82, 2.24) is 0 Å². The van der Waals surface area contributed by atoms with Crippen molar-refractivity contribution in [2.24, 2.45) is 0 Å². The highest BCUT2D eigenvalue weighted by atomic mass is 19.4. The molecular weight excluding hydrogens is 494 g/mol. The molecule has 1 N–H and O–H groups in total. The molecule has 1 heterocycles. The molecule has 34 heavy (non-hydrogen) atoms. The van der Waals surface area contributed by atoms with Crippen molar-refractivity contribution in [2.45, 2.75) is 31.7 Å². The zero-order chi connectivity index (χ0) is 25.8. The van der Waals surface area contributed by atoms with Crippen molar-refractivity contribution in [1.29, 1.82) is 0 Å². The highest BCUT2D eigenvalue weighted by Gasteiger charge is 2.49. The van der Waals surface area contributed by atoms with Gasteiger partial charge in [-0.3, -0.25) is 0 Å². The molecule has 0 saturated heterocycles. The number of carbonyl (C=O) groups is 1. The lowest BCUT2D eigenvalue weighted by molar-refractivity contribution is -0.976. The van der Waals surface area contributed by atoms with Crippen molar-refractivity contribution in [2.75, 3.05) is 13.2 Å². The molecule has 0 saturated carbocycles. The largest absolute Gasteiger partial charge is 0.573 e. The molecule has 1 unspecified atom stereocenters. The summed E-state index contributed by atoms with van der Waals surface area (Å²) in [6.45, 7) is -1.06. The third kappa shape index (κ3) is 7.27. The van der Waals surface area contributed by atoms with E-state index in [4.69, 9.17) is 9.94 Å². The second-order valence-electron chi connectivity index (χ2n) is 6.43. The van der Waals surface area contributed by atoms with Crippen LogP contribution in [0.4, 0.5) is 26.3 Å². The topological polar surface area (TPSA) is 147 Å². The predicted molar refractivity (Wildman–Crippen MR) is 90.5 cm³/mol. The van der Waals surface area contributed by atoms with E-state index in [2.05, 4.69) is 19.1 Å². The molecule has 1 aliphatic rings. The molecule has 2 rings (SSSR count). The van der Waals surface area contributed by atoms with Crippen LogP contribution in [0, 0.1) is 21.9 Å². The second-order valence-corrected chi connectivity index (χ2v) is 6.43. The van der Waals surface area contributed by atoms with Gasteiger partial charge >= 0.3 is 23.6 Å². The number of nitrogens with zero attached hydrogens (tertiary/aromatic N) is 2. The van der Waals surface area contributed by atoms with Crippen LogP contribution < -0.4 is 9.47 Å². The van der Waals surface area contributed by atoms with Crippen LogP contribution in [0.1, 0.15) is 11.1 Å². The Hall–Kier alpha value is -3.99. The third-order valence-electron chi connectivity index (χ3n) is 3.88. The standard InChI is InChI=1S/C16H13F6N2O10/c1-7-2-9(34-16(20,21)22)3-8-4-11(13(15(17,18)19)33-12(7)8)14(25)32-10(5-30-23(26)27)6-31-24(28)29/h2-4,10,13H,5-6H2,1H3,(H,26,27)/q+1/t10?,13-/m0/s1. The van der Waals surface area contributed by atoms with Gasteiger partial charge in [-0.1, -0.05) is 0 Å². The van der Waals surface area contributed by atoms with Crippen molar-refractivity contribution in [3.05, 3.63) is 43.9 Å². The van der Waals surface area contributed by atoms with Crippen LogP contribution in [-0.4, -0.2) is 59.3 Å². The minimum Gasteiger partial charge on any atom is -0.475 e. The smallest absolute Gasteiger partial charge is 0.475 e. The number of aryl methyl sites for hydroxylation is 1. The number of benzene rings is 1. The molecule has 1 aromatic carbocycles. The lowest BCUT2D eigenvalue weighted by Gasteiger charge is -2.29. The van der Waals surface area contributed by atoms with Gasteiger partial charge in [0.1, 0.15) is 23.0 Å². The fourth-order valence-electron chi connectivity index (χ4n) is 2.69. The Morgan fingerprint density at radius 2 is 1.79 bits per heavy atom. The summed E-state index contributed by atoms with van der Waals surface area (Å²) in [5, 5.41) is 16.3. The maximum Gasteiger partial charge on any atom is 0.573 e. The fraction of sp³-hybridized carbons (Fsp3) is 0.438. The number of rotatable bonds is 9. The molecular formula is C16H13F6N2O10+. The van der Waals surface area contributed by atoms with Gasteiger partial charge in [-0.05, 0) is 30.7 Å². The van der Waals surface area contributed by atoms with Gasteiger partial charge in [0.25, 0.3) is 5.09 Å². The molecule has 1 aromatic rings. The number of esters is 1. The number of hydrogen-bond donors (Lipinski definition) is 1. The second kappa shape index (κ2) is 9.87. The molecule has 0 aromatic heterocycles. The van der Waals surface area contributed by atoms with Crippen LogP contribution in [0.2, 0.25) is 0 Å². The predicted octanol–water partition coefficient (Wildman–Crippen LogP) is 2.82. The summed E-state index contributed by atoms with van der Waals surface area (Å²) in [6, 6.07) is 1.43. The average Bonchev–Trinajstić information content (AvgIpc) is 2.66. The Morgan fingerprint density at radius 3 is 2.32 bits per heavy atom. The Bertz CT molecular complexity index is 976. The molecule has 0 aliphatic carbocycles. The number of fused-ring (bicyclic) bond motifs is 1. The van der Waals surface area contributed by atoms with E-state index in [0.29, 0.717) is 12.1 Å². The van der Waals surface area contributed by atoms with Gasteiger partial charge in [-0.15, -0.1) is 23.3 Å². The lowest BCUT2D eigenvalue weighted by Crippen LogP contribution is -2.42. The SMILES string of the molecule is Cc1cc(OC(F)(F)F)cc2c1O[C@H](C(F)(F)F)C(C(=O)OC(CO[N+](=O)[O-])CO[N+](=O)O)=C2. The van der Waals surface area contributed by atoms with E-state index < -0.39 is 76.7 Å². The molecule has 1 aliphatic heterocycles. The Kier molecular flexibility index (Phi) is 7.63. The highest BCUT2D eigenvalue weighted by molar-refractivity contribution is 5.96. The third-order valence-corrected chi connectivity index (χ3v) is 3.88. The minimum atomic E-state index is -5.21.